The normalized spacial score (nSPS) is 11.8. The van der Waals surface area contributed by atoms with Crippen molar-refractivity contribution in [3.05, 3.63) is 77.1 Å². The molecule has 0 bridgehead atoms. The van der Waals surface area contributed by atoms with Gasteiger partial charge in [-0.1, -0.05) is 42.1 Å². The van der Waals surface area contributed by atoms with E-state index in [9.17, 15) is 9.59 Å². The van der Waals surface area contributed by atoms with Crippen LogP contribution < -0.4 is 15.6 Å². The van der Waals surface area contributed by atoms with E-state index in [4.69, 9.17) is 4.74 Å². The first-order valence-electron chi connectivity index (χ1n) is 9.71. The Hall–Kier alpha value is -3.06. The number of rotatable bonds is 9. The molecule has 1 aromatic heterocycles. The Morgan fingerprint density at radius 1 is 1.27 bits per heavy atom. The number of para-hydroxylation sites is 1. The first kappa shape index (κ1) is 21.6. The molecule has 0 fully saturated rings. The monoisotopic (exact) mass is 423 g/mol. The Labute approximate surface area is 180 Å². The van der Waals surface area contributed by atoms with Crippen LogP contribution in [0.25, 0.3) is 10.9 Å². The average molecular weight is 424 g/mol. The van der Waals surface area contributed by atoms with Gasteiger partial charge >= 0.3 is 0 Å². The van der Waals surface area contributed by atoms with Crippen LogP contribution in [0.3, 0.4) is 0 Å². The third kappa shape index (κ3) is 5.10. The highest BCUT2D eigenvalue weighted by atomic mass is 32.2. The van der Waals surface area contributed by atoms with Crippen molar-refractivity contribution in [3.63, 3.8) is 0 Å². The molecule has 30 heavy (non-hydrogen) atoms. The third-order valence-corrected chi connectivity index (χ3v) is 5.75. The van der Waals surface area contributed by atoms with Gasteiger partial charge in [0.15, 0.2) is 5.16 Å². The van der Waals surface area contributed by atoms with Crippen LogP contribution in [0.4, 0.5) is 0 Å². The third-order valence-electron chi connectivity index (χ3n) is 4.66. The van der Waals surface area contributed by atoms with Gasteiger partial charge in [0.1, 0.15) is 5.75 Å². The number of nitrogens with zero attached hydrogens (tertiary/aromatic N) is 2. The summed E-state index contributed by atoms with van der Waals surface area (Å²) in [5.74, 6) is 0.710. The zero-order valence-electron chi connectivity index (χ0n) is 17.1. The molecule has 0 unspecified atom stereocenters. The molecule has 7 heteroatoms. The molecular weight excluding hydrogens is 398 g/mol. The van der Waals surface area contributed by atoms with Gasteiger partial charge in [0.2, 0.25) is 5.91 Å². The van der Waals surface area contributed by atoms with E-state index in [0.717, 1.165) is 17.7 Å². The largest absolute Gasteiger partial charge is 0.497 e. The van der Waals surface area contributed by atoms with Crippen molar-refractivity contribution in [2.24, 2.45) is 0 Å². The second kappa shape index (κ2) is 10.1. The van der Waals surface area contributed by atoms with Gasteiger partial charge in [0, 0.05) is 13.1 Å². The number of aromatic nitrogens is 2. The molecule has 0 saturated heterocycles. The summed E-state index contributed by atoms with van der Waals surface area (Å²) >= 11 is 1.27. The minimum atomic E-state index is -0.398. The molecule has 1 N–H and O–H groups in total. The minimum absolute atomic E-state index is 0.0962. The van der Waals surface area contributed by atoms with E-state index in [1.807, 2.05) is 43.3 Å². The number of ether oxygens (including phenoxy) is 1. The molecule has 0 spiro atoms. The van der Waals surface area contributed by atoms with Crippen molar-refractivity contribution in [1.82, 2.24) is 14.9 Å². The fourth-order valence-electron chi connectivity index (χ4n) is 3.01. The quantitative estimate of drug-likeness (QED) is 0.324. The number of fused-ring (bicyclic) bond motifs is 1. The van der Waals surface area contributed by atoms with Crippen LogP contribution in [0.15, 0.2) is 71.1 Å². The van der Waals surface area contributed by atoms with Crippen LogP contribution in [0, 0.1) is 0 Å². The summed E-state index contributed by atoms with van der Waals surface area (Å²) in [7, 11) is 1.63. The summed E-state index contributed by atoms with van der Waals surface area (Å²) in [6, 6.07) is 15.0. The van der Waals surface area contributed by atoms with E-state index >= 15 is 0 Å². The molecule has 0 aliphatic carbocycles. The van der Waals surface area contributed by atoms with Crippen molar-refractivity contribution in [2.45, 2.75) is 30.3 Å². The molecule has 156 valence electrons. The molecule has 0 saturated carbocycles. The molecule has 3 aromatic rings. The van der Waals surface area contributed by atoms with Crippen molar-refractivity contribution < 1.29 is 9.53 Å². The molecule has 1 heterocycles. The predicted octanol–water partition coefficient (Wildman–Crippen LogP) is 3.43. The number of allylic oxidation sites excluding steroid dienone is 1. The highest BCUT2D eigenvalue weighted by Crippen LogP contribution is 2.22. The van der Waals surface area contributed by atoms with Crippen LogP contribution in [-0.4, -0.2) is 34.4 Å². The van der Waals surface area contributed by atoms with E-state index in [1.54, 1.807) is 29.9 Å². The van der Waals surface area contributed by atoms with Gasteiger partial charge in [0.25, 0.3) is 5.56 Å². The Morgan fingerprint density at radius 2 is 2.00 bits per heavy atom. The maximum absolute atomic E-state index is 12.8. The number of nitrogens with one attached hydrogen (secondary N) is 1. The van der Waals surface area contributed by atoms with Crippen LogP contribution in [-0.2, 0) is 17.8 Å². The maximum Gasteiger partial charge on any atom is 0.262 e. The van der Waals surface area contributed by atoms with Crippen LogP contribution >= 0.6 is 11.8 Å². The zero-order valence-corrected chi connectivity index (χ0v) is 17.9. The summed E-state index contributed by atoms with van der Waals surface area (Å²) in [4.78, 5) is 30.0. The van der Waals surface area contributed by atoms with E-state index in [-0.39, 0.29) is 11.5 Å². The molecule has 1 amide bonds. The number of thioether (sulfide) groups is 1. The van der Waals surface area contributed by atoms with Crippen molar-refractivity contribution >= 4 is 28.6 Å². The molecule has 2 aromatic carbocycles. The van der Waals surface area contributed by atoms with Crippen LogP contribution in [0.1, 0.15) is 12.5 Å². The van der Waals surface area contributed by atoms with Gasteiger partial charge in [-0.2, -0.15) is 0 Å². The van der Waals surface area contributed by atoms with Gasteiger partial charge in [-0.25, -0.2) is 4.98 Å². The van der Waals surface area contributed by atoms with Gasteiger partial charge in [-0.05, 0) is 43.2 Å². The van der Waals surface area contributed by atoms with Gasteiger partial charge in [-0.3, -0.25) is 14.2 Å². The molecule has 6 nitrogen and oxygen atoms in total. The summed E-state index contributed by atoms with van der Waals surface area (Å²) in [6.45, 7) is 6.41. The number of amides is 1. The lowest BCUT2D eigenvalue weighted by atomic mass is 10.1. The SMILES string of the molecule is C=CCn1c(S[C@@H](C)C(=O)NCCc2ccc(OC)cc2)nc2ccccc2c1=O. The first-order valence-corrected chi connectivity index (χ1v) is 10.6. The Balaban J connectivity index is 1.66. The van der Waals surface area contributed by atoms with E-state index in [2.05, 4.69) is 16.9 Å². The lowest BCUT2D eigenvalue weighted by molar-refractivity contribution is -0.120. The highest BCUT2D eigenvalue weighted by Gasteiger charge is 2.18. The molecule has 3 rings (SSSR count). The van der Waals surface area contributed by atoms with Crippen LogP contribution in [0.5, 0.6) is 5.75 Å². The van der Waals surface area contributed by atoms with Gasteiger partial charge in [0.05, 0.1) is 23.3 Å². The molecule has 0 aliphatic heterocycles. The topological polar surface area (TPSA) is 73.2 Å². The number of hydrogen-bond acceptors (Lipinski definition) is 5. The Kier molecular flexibility index (Phi) is 7.30. The van der Waals surface area contributed by atoms with Crippen molar-refractivity contribution in [3.8, 4) is 5.75 Å². The number of carbonyl (C=O) groups excluding carboxylic acids is 1. The fourth-order valence-corrected chi connectivity index (χ4v) is 3.95. The summed E-state index contributed by atoms with van der Waals surface area (Å²) < 4.78 is 6.71. The van der Waals surface area contributed by atoms with Crippen LogP contribution in [0.2, 0.25) is 0 Å². The van der Waals surface area contributed by atoms with Crippen molar-refractivity contribution in [1.29, 1.82) is 0 Å². The maximum atomic E-state index is 12.8. The lowest BCUT2D eigenvalue weighted by Gasteiger charge is -2.15. The Bertz CT molecular complexity index is 1090. The van der Waals surface area contributed by atoms with E-state index in [0.29, 0.717) is 29.1 Å². The summed E-state index contributed by atoms with van der Waals surface area (Å²) in [5.41, 5.74) is 1.61. The van der Waals surface area contributed by atoms with E-state index in [1.165, 1.54) is 11.8 Å². The average Bonchev–Trinajstić information content (AvgIpc) is 2.76. The molecule has 1 atom stereocenters. The smallest absolute Gasteiger partial charge is 0.262 e. The zero-order chi connectivity index (χ0) is 21.5. The van der Waals surface area contributed by atoms with Gasteiger partial charge < -0.3 is 10.1 Å². The molecular formula is C23H25N3O3S. The minimum Gasteiger partial charge on any atom is -0.497 e. The fraction of sp³-hybridized carbons (Fsp3) is 0.261. The molecule has 0 radical (unpaired) electrons. The number of methoxy groups -OCH3 is 1. The first-order chi connectivity index (χ1) is 14.5. The summed E-state index contributed by atoms with van der Waals surface area (Å²) in [6.07, 6.45) is 2.38. The predicted molar refractivity (Wildman–Crippen MR) is 121 cm³/mol. The second-order valence-corrected chi connectivity index (χ2v) is 8.07. The molecule has 0 aliphatic rings. The highest BCUT2D eigenvalue weighted by molar-refractivity contribution is 8.00. The number of carbonyl (C=O) groups is 1. The second-order valence-electron chi connectivity index (χ2n) is 6.77. The van der Waals surface area contributed by atoms with Gasteiger partial charge in [-0.15, -0.1) is 6.58 Å². The summed E-state index contributed by atoms with van der Waals surface area (Å²) in [5, 5.41) is 3.62. The van der Waals surface area contributed by atoms with Crippen molar-refractivity contribution in [2.75, 3.05) is 13.7 Å². The van der Waals surface area contributed by atoms with E-state index < -0.39 is 5.25 Å². The number of hydrogen-bond donors (Lipinski definition) is 1. The Morgan fingerprint density at radius 3 is 2.70 bits per heavy atom. The number of benzene rings is 2. The lowest BCUT2D eigenvalue weighted by Crippen LogP contribution is -2.33. The standard InChI is InChI=1S/C23H25N3O3S/c1-4-15-26-22(28)19-7-5-6-8-20(19)25-23(26)30-16(2)21(27)24-14-13-17-9-11-18(29-3)12-10-17/h4-12,16H,1,13-15H2,2-3H3,(H,24,27)/t16-/m0/s1.